The monoisotopic (exact) mass is 399 g/mol. The Hall–Kier alpha value is -3.54. The van der Waals surface area contributed by atoms with Crippen LogP contribution in [0.1, 0.15) is 35.4 Å². The summed E-state index contributed by atoms with van der Waals surface area (Å²) in [5.74, 6) is 1.92. The van der Waals surface area contributed by atoms with E-state index in [0.717, 1.165) is 42.1 Å². The second kappa shape index (κ2) is 9.31. The number of aromatic nitrogens is 3. The molecule has 0 radical (unpaired) electrons. The first-order chi connectivity index (χ1) is 14.7. The minimum Gasteiger partial charge on any atom is -0.339 e. The zero-order chi connectivity index (χ0) is 20.8. The Morgan fingerprint density at radius 2 is 2.07 bits per heavy atom. The molecule has 0 aromatic carbocycles. The van der Waals surface area contributed by atoms with Gasteiger partial charge in [-0.05, 0) is 66.8 Å². The van der Waals surface area contributed by atoms with Crippen LogP contribution in [0.2, 0.25) is 0 Å². The van der Waals surface area contributed by atoms with Gasteiger partial charge >= 0.3 is 0 Å². The summed E-state index contributed by atoms with van der Waals surface area (Å²) in [6.07, 6.45) is 12.6. The lowest BCUT2D eigenvalue weighted by atomic mass is 9.91. The number of amides is 1. The van der Waals surface area contributed by atoms with Crippen LogP contribution in [0.4, 0.5) is 11.6 Å². The lowest BCUT2D eigenvalue weighted by Crippen LogP contribution is -2.38. The van der Waals surface area contributed by atoms with E-state index in [1.165, 1.54) is 5.56 Å². The van der Waals surface area contributed by atoms with Crippen LogP contribution >= 0.6 is 0 Å². The molecule has 30 heavy (non-hydrogen) atoms. The fraction of sp³-hybridized carbons (Fsp3) is 0.250. The number of hydrogen-bond acceptors (Lipinski definition) is 5. The van der Waals surface area contributed by atoms with Gasteiger partial charge in [-0.15, -0.1) is 0 Å². The van der Waals surface area contributed by atoms with E-state index < -0.39 is 0 Å². The van der Waals surface area contributed by atoms with Crippen molar-refractivity contribution in [2.75, 3.05) is 18.4 Å². The van der Waals surface area contributed by atoms with Crippen LogP contribution in [-0.4, -0.2) is 38.8 Å². The molecule has 152 valence electrons. The van der Waals surface area contributed by atoms with E-state index in [1.54, 1.807) is 24.7 Å². The highest BCUT2D eigenvalue weighted by Crippen LogP contribution is 2.29. The third-order valence-electron chi connectivity index (χ3n) is 5.35. The van der Waals surface area contributed by atoms with Crippen LogP contribution < -0.4 is 5.32 Å². The first-order valence-electron chi connectivity index (χ1n) is 10.2. The summed E-state index contributed by atoms with van der Waals surface area (Å²) in [6, 6.07) is 11.8. The Labute approximate surface area is 176 Å². The number of nitrogens with zero attached hydrogens (tertiary/aromatic N) is 4. The van der Waals surface area contributed by atoms with Crippen molar-refractivity contribution >= 4 is 23.6 Å². The summed E-state index contributed by atoms with van der Waals surface area (Å²) in [6.45, 7) is 3.52. The summed E-state index contributed by atoms with van der Waals surface area (Å²) in [5, 5.41) is 3.30. The smallest absolute Gasteiger partial charge is 0.246 e. The van der Waals surface area contributed by atoms with Gasteiger partial charge in [0.25, 0.3) is 0 Å². The summed E-state index contributed by atoms with van der Waals surface area (Å²) < 4.78 is 0. The van der Waals surface area contributed by atoms with Crippen molar-refractivity contribution in [1.82, 2.24) is 19.9 Å². The lowest BCUT2D eigenvalue weighted by Gasteiger charge is -2.32. The van der Waals surface area contributed by atoms with Crippen LogP contribution in [0, 0.1) is 6.92 Å². The Kier molecular flexibility index (Phi) is 6.13. The van der Waals surface area contributed by atoms with Gasteiger partial charge in [0.1, 0.15) is 11.6 Å². The molecule has 0 unspecified atom stereocenters. The van der Waals surface area contributed by atoms with E-state index in [2.05, 4.69) is 26.3 Å². The predicted octanol–water partition coefficient (Wildman–Crippen LogP) is 4.34. The number of rotatable bonds is 5. The minimum absolute atomic E-state index is 0.0417. The van der Waals surface area contributed by atoms with Crippen LogP contribution in [-0.2, 0) is 4.79 Å². The molecule has 0 bridgehead atoms. The molecule has 1 fully saturated rings. The maximum Gasteiger partial charge on any atom is 0.246 e. The van der Waals surface area contributed by atoms with Gasteiger partial charge in [0.2, 0.25) is 5.91 Å². The summed E-state index contributed by atoms with van der Waals surface area (Å²) in [5.41, 5.74) is 3.18. The largest absolute Gasteiger partial charge is 0.339 e. The predicted molar refractivity (Wildman–Crippen MR) is 118 cm³/mol. The first kappa shape index (κ1) is 19.8. The second-order valence-electron chi connectivity index (χ2n) is 7.51. The van der Waals surface area contributed by atoms with Crippen molar-refractivity contribution in [1.29, 1.82) is 0 Å². The fourth-order valence-corrected chi connectivity index (χ4v) is 3.70. The molecule has 4 rings (SSSR count). The maximum absolute atomic E-state index is 12.7. The zero-order valence-electron chi connectivity index (χ0n) is 17.0. The van der Waals surface area contributed by atoms with Crippen molar-refractivity contribution in [3.63, 3.8) is 0 Å². The highest BCUT2D eigenvalue weighted by Gasteiger charge is 2.24. The Balaban J connectivity index is 1.43. The van der Waals surface area contributed by atoms with Gasteiger partial charge in [0.15, 0.2) is 0 Å². The molecule has 6 heteroatoms. The number of pyridine rings is 3. The molecule has 3 aromatic rings. The molecular formula is C24H25N5O. The average molecular weight is 399 g/mol. The number of aryl methyl sites for hydroxylation is 1. The third-order valence-corrected chi connectivity index (χ3v) is 5.35. The van der Waals surface area contributed by atoms with E-state index >= 15 is 0 Å². The lowest BCUT2D eigenvalue weighted by molar-refractivity contribution is -0.127. The molecule has 0 spiro atoms. The van der Waals surface area contributed by atoms with Crippen LogP contribution in [0.15, 0.2) is 67.3 Å². The van der Waals surface area contributed by atoms with Crippen molar-refractivity contribution in [3.05, 3.63) is 84.0 Å². The van der Waals surface area contributed by atoms with E-state index in [4.69, 9.17) is 0 Å². The van der Waals surface area contributed by atoms with E-state index in [-0.39, 0.29) is 5.91 Å². The van der Waals surface area contributed by atoms with Gasteiger partial charge in [-0.1, -0.05) is 12.1 Å². The number of anilines is 2. The quantitative estimate of drug-likeness (QED) is 0.646. The molecule has 1 aliphatic heterocycles. The van der Waals surface area contributed by atoms with Gasteiger partial charge in [0, 0.05) is 49.9 Å². The Morgan fingerprint density at radius 3 is 2.90 bits per heavy atom. The van der Waals surface area contributed by atoms with Crippen molar-refractivity contribution < 1.29 is 4.79 Å². The van der Waals surface area contributed by atoms with E-state index in [1.807, 2.05) is 54.4 Å². The number of piperidine rings is 1. The Bertz CT molecular complexity index is 1030. The molecule has 1 N–H and O–H groups in total. The van der Waals surface area contributed by atoms with Gasteiger partial charge in [-0.3, -0.25) is 9.78 Å². The normalized spacial score (nSPS) is 16.6. The number of carbonyl (C=O) groups excluding carboxylic acids is 1. The van der Waals surface area contributed by atoms with Crippen LogP contribution in [0.5, 0.6) is 0 Å². The number of likely N-dealkylation sites (tertiary alicyclic amines) is 1. The summed E-state index contributed by atoms with van der Waals surface area (Å²) >= 11 is 0. The van der Waals surface area contributed by atoms with E-state index in [0.29, 0.717) is 12.5 Å². The Morgan fingerprint density at radius 1 is 1.17 bits per heavy atom. The molecule has 0 aliphatic carbocycles. The zero-order valence-corrected chi connectivity index (χ0v) is 17.0. The van der Waals surface area contributed by atoms with Gasteiger partial charge in [-0.2, -0.15) is 0 Å². The molecule has 1 atom stereocenters. The SMILES string of the molecule is Cc1cccnc1Nc1cc([C@H]2CCCN(C(=O)/C=C/c3cccnc3)C2)ccn1. The first-order valence-corrected chi connectivity index (χ1v) is 10.2. The summed E-state index contributed by atoms with van der Waals surface area (Å²) in [4.78, 5) is 27.5. The number of hydrogen-bond donors (Lipinski definition) is 1. The summed E-state index contributed by atoms with van der Waals surface area (Å²) in [7, 11) is 0. The van der Waals surface area contributed by atoms with Crippen molar-refractivity contribution in [2.24, 2.45) is 0 Å². The minimum atomic E-state index is 0.0417. The van der Waals surface area contributed by atoms with Crippen LogP contribution in [0.25, 0.3) is 6.08 Å². The number of carbonyl (C=O) groups is 1. The van der Waals surface area contributed by atoms with Gasteiger partial charge in [0.05, 0.1) is 0 Å². The second-order valence-corrected chi connectivity index (χ2v) is 7.51. The highest BCUT2D eigenvalue weighted by atomic mass is 16.2. The molecule has 1 amide bonds. The topological polar surface area (TPSA) is 71.0 Å². The molecule has 1 saturated heterocycles. The molecule has 4 heterocycles. The highest BCUT2D eigenvalue weighted by molar-refractivity contribution is 5.91. The van der Waals surface area contributed by atoms with E-state index in [9.17, 15) is 4.79 Å². The average Bonchev–Trinajstić information content (AvgIpc) is 2.80. The van der Waals surface area contributed by atoms with Gasteiger partial charge in [-0.25, -0.2) is 9.97 Å². The maximum atomic E-state index is 12.7. The molecule has 0 saturated carbocycles. The molecule has 3 aromatic heterocycles. The van der Waals surface area contributed by atoms with Crippen LogP contribution in [0.3, 0.4) is 0 Å². The molecule has 6 nitrogen and oxygen atoms in total. The number of nitrogens with one attached hydrogen (secondary N) is 1. The fourth-order valence-electron chi connectivity index (χ4n) is 3.70. The van der Waals surface area contributed by atoms with Crippen molar-refractivity contribution in [2.45, 2.75) is 25.7 Å². The van der Waals surface area contributed by atoms with Crippen molar-refractivity contribution in [3.8, 4) is 0 Å². The molecule has 1 aliphatic rings. The molecular weight excluding hydrogens is 374 g/mol. The standard InChI is InChI=1S/C24H25N5O/c1-18-5-2-12-27-24(18)28-22-15-20(10-13-26-22)21-7-4-14-29(17-21)23(30)9-8-19-6-3-11-25-16-19/h2-3,5-6,8-13,15-16,21H,4,7,14,17H2,1H3,(H,26,27,28)/b9-8+/t21-/m0/s1. The third kappa shape index (κ3) is 4.89. The van der Waals surface area contributed by atoms with Gasteiger partial charge < -0.3 is 10.2 Å².